The minimum absolute atomic E-state index is 0.687. The zero-order valence-corrected chi connectivity index (χ0v) is 18.0. The van der Waals surface area contributed by atoms with Crippen molar-refractivity contribution in [1.29, 1.82) is 0 Å². The zero-order chi connectivity index (χ0) is 20.8. The Kier molecular flexibility index (Phi) is 6.70. The van der Waals surface area contributed by atoms with E-state index >= 15 is 0 Å². The summed E-state index contributed by atoms with van der Waals surface area (Å²) >= 11 is 0. The molecular formula is C29H30. The lowest BCUT2D eigenvalue weighted by Gasteiger charge is -2.09. The summed E-state index contributed by atoms with van der Waals surface area (Å²) in [5, 5.41) is 2.25. The molecule has 0 aliphatic rings. The van der Waals surface area contributed by atoms with Crippen LogP contribution in [0.1, 0.15) is 38.3 Å². The number of hydrogen-bond donors (Lipinski definition) is 0. The van der Waals surface area contributed by atoms with Gasteiger partial charge in [-0.1, -0.05) is 105 Å². The maximum absolute atomic E-state index is 3.99. The van der Waals surface area contributed by atoms with E-state index < -0.39 is 0 Å². The van der Waals surface area contributed by atoms with E-state index in [2.05, 4.69) is 119 Å². The van der Waals surface area contributed by atoms with Gasteiger partial charge in [0.05, 0.1) is 0 Å². The molecule has 0 nitrogen and oxygen atoms in total. The molecule has 3 aromatic rings. The molecule has 0 heterocycles. The largest absolute Gasteiger partial charge is 0.119 e. The fourth-order valence-corrected chi connectivity index (χ4v) is 3.59. The highest BCUT2D eigenvalue weighted by molar-refractivity contribution is 5.74. The molecule has 0 saturated carbocycles. The highest BCUT2D eigenvalue weighted by Gasteiger charge is 2.06. The van der Waals surface area contributed by atoms with Gasteiger partial charge in [-0.05, 0) is 59.2 Å². The van der Waals surface area contributed by atoms with Gasteiger partial charge in [0.1, 0.15) is 0 Å². The fraction of sp³-hybridized carbons (Fsp3) is 0.207. The second kappa shape index (κ2) is 9.41. The number of hydrogen-bond acceptors (Lipinski definition) is 0. The number of aryl methyl sites for hydroxylation is 1. The Balaban J connectivity index is 2.04. The Labute approximate surface area is 175 Å². The van der Waals surface area contributed by atoms with Crippen LogP contribution in [0.2, 0.25) is 0 Å². The molecule has 0 aromatic heterocycles. The molecule has 0 fully saturated rings. The van der Waals surface area contributed by atoms with E-state index in [9.17, 15) is 0 Å². The van der Waals surface area contributed by atoms with Crippen molar-refractivity contribution in [1.82, 2.24) is 0 Å². The van der Waals surface area contributed by atoms with Crippen molar-refractivity contribution in [2.75, 3.05) is 0 Å². The van der Waals surface area contributed by atoms with E-state index in [0.717, 1.165) is 11.6 Å². The molecule has 0 heteroatoms. The predicted molar refractivity (Wildman–Crippen MR) is 129 cm³/mol. The van der Waals surface area contributed by atoms with Crippen LogP contribution in [0.15, 0.2) is 73.3 Å². The van der Waals surface area contributed by atoms with Gasteiger partial charge in [0.15, 0.2) is 0 Å². The Bertz CT molecular complexity index is 1130. The van der Waals surface area contributed by atoms with Crippen LogP contribution < -0.4 is 10.4 Å². The van der Waals surface area contributed by atoms with Gasteiger partial charge >= 0.3 is 0 Å². The van der Waals surface area contributed by atoms with Gasteiger partial charge in [-0.3, -0.25) is 0 Å². The smallest absolute Gasteiger partial charge is 0.0312 e. The highest BCUT2D eigenvalue weighted by atomic mass is 14.1. The topological polar surface area (TPSA) is 0 Å². The Hall–Kier alpha value is -3.08. The fourth-order valence-electron chi connectivity index (χ4n) is 3.59. The minimum Gasteiger partial charge on any atom is -0.119 e. The summed E-state index contributed by atoms with van der Waals surface area (Å²) in [6.07, 6.45) is 7.72. The van der Waals surface area contributed by atoms with Crippen molar-refractivity contribution >= 4 is 17.9 Å². The van der Waals surface area contributed by atoms with Crippen molar-refractivity contribution in [3.63, 3.8) is 0 Å². The Morgan fingerprint density at radius 1 is 0.862 bits per heavy atom. The van der Waals surface area contributed by atoms with Crippen molar-refractivity contribution in [3.05, 3.63) is 94.9 Å². The zero-order valence-electron chi connectivity index (χ0n) is 18.0. The lowest BCUT2D eigenvalue weighted by atomic mass is 9.94. The molecule has 3 rings (SSSR count). The van der Waals surface area contributed by atoms with Gasteiger partial charge in [0.25, 0.3) is 0 Å². The number of rotatable bonds is 5. The molecule has 0 aliphatic carbocycles. The van der Waals surface area contributed by atoms with Crippen LogP contribution in [0.25, 0.3) is 40.1 Å². The van der Waals surface area contributed by atoms with Crippen LogP contribution in [0.4, 0.5) is 0 Å². The first-order valence-corrected chi connectivity index (χ1v) is 10.4. The SMILES string of the molecule is C=C=c1c(-c2ccc(/C=C\CC(C)C)cc2)ccc(-c2ccc(C)cc2)/c1=C/C. The lowest BCUT2D eigenvalue weighted by molar-refractivity contribution is 0.665. The summed E-state index contributed by atoms with van der Waals surface area (Å²) < 4.78 is 0. The second-order valence-corrected chi connectivity index (χ2v) is 7.93. The standard InChI is InChI=1S/C29H30/c1-6-26-27(7-2)29(20-19-28(26)24-15-11-22(5)12-16-24)25-17-13-23(14-18-25)10-8-9-21(3)4/h6,8,10-21H,2,9H2,1,3-5H3/b10-8-,26-6+. The van der Waals surface area contributed by atoms with Crippen LogP contribution in [0, 0.1) is 12.8 Å². The Morgan fingerprint density at radius 2 is 1.45 bits per heavy atom. The predicted octanol–water partition coefficient (Wildman–Crippen LogP) is 6.75. The summed E-state index contributed by atoms with van der Waals surface area (Å²) in [5.74, 6) is 0.687. The van der Waals surface area contributed by atoms with Gasteiger partial charge in [-0.15, -0.1) is 5.73 Å². The molecule has 0 aliphatic heterocycles. The lowest BCUT2D eigenvalue weighted by Crippen LogP contribution is -2.27. The molecule has 0 spiro atoms. The molecular weight excluding hydrogens is 348 g/mol. The molecule has 29 heavy (non-hydrogen) atoms. The van der Waals surface area contributed by atoms with E-state index in [1.54, 1.807) is 0 Å². The summed E-state index contributed by atoms with van der Waals surface area (Å²) in [7, 11) is 0. The van der Waals surface area contributed by atoms with Crippen molar-refractivity contribution in [2.45, 2.75) is 34.1 Å². The maximum atomic E-state index is 3.99. The van der Waals surface area contributed by atoms with E-state index in [-0.39, 0.29) is 0 Å². The first-order chi connectivity index (χ1) is 14.0. The van der Waals surface area contributed by atoms with Crippen molar-refractivity contribution in [3.8, 4) is 22.3 Å². The second-order valence-electron chi connectivity index (χ2n) is 7.93. The van der Waals surface area contributed by atoms with Gasteiger partial charge in [0.2, 0.25) is 0 Å². The van der Waals surface area contributed by atoms with Gasteiger partial charge < -0.3 is 0 Å². The molecule has 0 atom stereocenters. The molecule has 0 N–H and O–H groups in total. The highest BCUT2D eigenvalue weighted by Crippen LogP contribution is 2.21. The van der Waals surface area contributed by atoms with Crippen LogP contribution in [-0.4, -0.2) is 0 Å². The third-order valence-electron chi connectivity index (χ3n) is 5.21. The number of benzene rings is 3. The molecule has 3 aromatic carbocycles. The average molecular weight is 379 g/mol. The first-order valence-electron chi connectivity index (χ1n) is 10.4. The summed E-state index contributed by atoms with van der Waals surface area (Å²) in [4.78, 5) is 0. The summed E-state index contributed by atoms with van der Waals surface area (Å²) in [6, 6.07) is 21.8. The molecule has 0 saturated heterocycles. The molecule has 0 radical (unpaired) electrons. The monoisotopic (exact) mass is 378 g/mol. The van der Waals surface area contributed by atoms with E-state index in [1.165, 1.54) is 38.6 Å². The Morgan fingerprint density at radius 3 is 2.03 bits per heavy atom. The molecule has 0 bridgehead atoms. The minimum atomic E-state index is 0.687. The van der Waals surface area contributed by atoms with Crippen molar-refractivity contribution < 1.29 is 0 Å². The quantitative estimate of drug-likeness (QED) is 0.460. The van der Waals surface area contributed by atoms with Gasteiger partial charge in [-0.2, -0.15) is 0 Å². The van der Waals surface area contributed by atoms with Gasteiger partial charge in [0, 0.05) is 5.22 Å². The number of allylic oxidation sites excluding steroid dienone is 1. The normalized spacial score (nSPS) is 12.0. The van der Waals surface area contributed by atoms with Crippen LogP contribution >= 0.6 is 0 Å². The van der Waals surface area contributed by atoms with Crippen molar-refractivity contribution in [2.24, 2.45) is 5.92 Å². The third-order valence-corrected chi connectivity index (χ3v) is 5.21. The molecule has 146 valence electrons. The molecule has 0 unspecified atom stereocenters. The van der Waals surface area contributed by atoms with Gasteiger partial charge in [-0.25, -0.2) is 0 Å². The third kappa shape index (κ3) is 4.86. The molecule has 0 amide bonds. The van der Waals surface area contributed by atoms with Crippen LogP contribution in [0.3, 0.4) is 0 Å². The first kappa shape index (κ1) is 20.6. The van der Waals surface area contributed by atoms with E-state index in [4.69, 9.17) is 0 Å². The van der Waals surface area contributed by atoms with E-state index in [1.807, 2.05) is 0 Å². The average Bonchev–Trinajstić information content (AvgIpc) is 2.73. The van der Waals surface area contributed by atoms with E-state index in [0.29, 0.717) is 5.92 Å². The van der Waals surface area contributed by atoms with Crippen LogP contribution in [0.5, 0.6) is 0 Å². The maximum Gasteiger partial charge on any atom is 0.0312 e. The van der Waals surface area contributed by atoms with Crippen LogP contribution in [-0.2, 0) is 0 Å². The summed E-state index contributed by atoms with van der Waals surface area (Å²) in [6.45, 7) is 12.7. The summed E-state index contributed by atoms with van der Waals surface area (Å²) in [5.41, 5.74) is 10.5.